The summed E-state index contributed by atoms with van der Waals surface area (Å²) in [4.78, 5) is 7.78. The Bertz CT molecular complexity index is 521. The summed E-state index contributed by atoms with van der Waals surface area (Å²) in [6.07, 6.45) is 3.16. The van der Waals surface area contributed by atoms with Gasteiger partial charge in [0.05, 0.1) is 6.26 Å². The van der Waals surface area contributed by atoms with Crippen LogP contribution < -0.4 is 10.2 Å². The highest BCUT2D eigenvalue weighted by Crippen LogP contribution is 2.27. The summed E-state index contributed by atoms with van der Waals surface area (Å²) in [7, 11) is -1.14. The second kappa shape index (κ2) is 5.74. The van der Waals surface area contributed by atoms with E-state index >= 15 is 0 Å². The molecular weight excluding hydrogens is 284 g/mol. The predicted molar refractivity (Wildman–Crippen MR) is 78.2 cm³/mol. The highest BCUT2D eigenvalue weighted by Gasteiger charge is 2.25. The smallest absolute Gasteiger partial charge is 0.211 e. The van der Waals surface area contributed by atoms with Gasteiger partial charge >= 0.3 is 0 Å². The fraction of sp³-hybridized carbons (Fsp3) is 0.727. The molecule has 0 spiro atoms. The molecule has 0 saturated carbocycles. The van der Waals surface area contributed by atoms with E-state index in [-0.39, 0.29) is 0 Å². The number of nitrogens with zero attached hydrogens (tertiary/aromatic N) is 3. The molecule has 0 bridgehead atoms. The van der Waals surface area contributed by atoms with Crippen molar-refractivity contribution in [1.29, 1.82) is 0 Å². The Morgan fingerprint density at radius 1 is 1.37 bits per heavy atom. The lowest BCUT2D eigenvalue weighted by Crippen LogP contribution is -2.48. The molecule has 1 unspecified atom stereocenters. The maximum atomic E-state index is 11.4. The van der Waals surface area contributed by atoms with E-state index in [2.05, 4.69) is 22.1 Å². The molecule has 19 heavy (non-hydrogen) atoms. The third-order valence-electron chi connectivity index (χ3n) is 3.35. The average Bonchev–Trinajstić information content (AvgIpc) is 2.86. The van der Waals surface area contributed by atoms with E-state index in [4.69, 9.17) is 0 Å². The SMILES string of the molecule is CNC(C)c1cnc(N2CCN(S(C)(=O)=O)CC2)s1. The molecule has 1 aromatic heterocycles. The van der Waals surface area contributed by atoms with Gasteiger partial charge in [0.1, 0.15) is 0 Å². The van der Waals surface area contributed by atoms with Crippen LogP contribution in [0.15, 0.2) is 6.20 Å². The summed E-state index contributed by atoms with van der Waals surface area (Å²) < 4.78 is 24.4. The minimum absolute atomic E-state index is 0.295. The van der Waals surface area contributed by atoms with Crippen molar-refractivity contribution in [2.75, 3.05) is 44.4 Å². The minimum atomic E-state index is -3.06. The summed E-state index contributed by atoms with van der Waals surface area (Å²) >= 11 is 1.67. The van der Waals surface area contributed by atoms with Crippen LogP contribution in [-0.2, 0) is 10.0 Å². The summed E-state index contributed by atoms with van der Waals surface area (Å²) in [6, 6.07) is 0.295. The molecule has 0 aromatic carbocycles. The predicted octanol–water partition coefficient (Wildman–Crippen LogP) is 0.505. The quantitative estimate of drug-likeness (QED) is 0.878. The van der Waals surface area contributed by atoms with E-state index in [1.807, 2.05) is 13.2 Å². The fourth-order valence-electron chi connectivity index (χ4n) is 1.98. The Hall–Kier alpha value is -0.700. The van der Waals surface area contributed by atoms with Crippen molar-refractivity contribution >= 4 is 26.5 Å². The first kappa shape index (κ1) is 14.7. The van der Waals surface area contributed by atoms with Crippen molar-refractivity contribution in [1.82, 2.24) is 14.6 Å². The molecule has 1 aromatic rings. The zero-order valence-corrected chi connectivity index (χ0v) is 13.1. The minimum Gasteiger partial charge on any atom is -0.345 e. The number of hydrogen-bond donors (Lipinski definition) is 1. The van der Waals surface area contributed by atoms with Gasteiger partial charge in [-0.2, -0.15) is 4.31 Å². The molecule has 1 saturated heterocycles. The molecule has 6 nitrogen and oxygen atoms in total. The van der Waals surface area contributed by atoms with Gasteiger partial charge in [-0.25, -0.2) is 13.4 Å². The van der Waals surface area contributed by atoms with Crippen LogP contribution in [0.1, 0.15) is 17.8 Å². The Morgan fingerprint density at radius 2 is 2.00 bits per heavy atom. The van der Waals surface area contributed by atoms with Crippen LogP contribution in [0.3, 0.4) is 0 Å². The third-order valence-corrected chi connectivity index (χ3v) is 5.89. The monoisotopic (exact) mass is 304 g/mol. The normalized spacial score (nSPS) is 19.6. The Balaban J connectivity index is 2.00. The van der Waals surface area contributed by atoms with Gasteiger partial charge < -0.3 is 10.2 Å². The fourth-order valence-corrected chi connectivity index (χ4v) is 3.83. The van der Waals surface area contributed by atoms with Crippen molar-refractivity contribution in [3.63, 3.8) is 0 Å². The Morgan fingerprint density at radius 3 is 2.53 bits per heavy atom. The lowest BCUT2D eigenvalue weighted by molar-refractivity contribution is 0.388. The highest BCUT2D eigenvalue weighted by molar-refractivity contribution is 7.88. The molecule has 2 heterocycles. The van der Waals surface area contributed by atoms with Crippen LogP contribution in [0.4, 0.5) is 5.13 Å². The van der Waals surface area contributed by atoms with Crippen LogP contribution in [0.2, 0.25) is 0 Å². The average molecular weight is 304 g/mol. The van der Waals surface area contributed by atoms with Crippen LogP contribution >= 0.6 is 11.3 Å². The van der Waals surface area contributed by atoms with E-state index in [9.17, 15) is 8.42 Å². The van der Waals surface area contributed by atoms with E-state index in [1.165, 1.54) is 15.4 Å². The zero-order valence-electron chi connectivity index (χ0n) is 11.5. The summed E-state index contributed by atoms with van der Waals surface area (Å²) in [5, 5.41) is 4.17. The van der Waals surface area contributed by atoms with Crippen molar-refractivity contribution in [2.45, 2.75) is 13.0 Å². The van der Waals surface area contributed by atoms with Gasteiger partial charge in [-0.1, -0.05) is 0 Å². The molecule has 0 amide bonds. The summed E-state index contributed by atoms with van der Waals surface area (Å²) in [5.74, 6) is 0. The van der Waals surface area contributed by atoms with E-state index in [0.29, 0.717) is 32.2 Å². The van der Waals surface area contributed by atoms with Crippen molar-refractivity contribution in [3.05, 3.63) is 11.1 Å². The van der Waals surface area contributed by atoms with Crippen LogP contribution in [0, 0.1) is 0 Å². The molecule has 1 fully saturated rings. The number of nitrogens with one attached hydrogen (secondary N) is 1. The molecule has 0 aliphatic carbocycles. The number of sulfonamides is 1. The number of aromatic nitrogens is 1. The standard InChI is InChI=1S/C11H20N4O2S2/c1-9(12-2)10-8-13-11(18-10)14-4-6-15(7-5-14)19(3,16)17/h8-9,12H,4-7H2,1-3H3. The molecular formula is C11H20N4O2S2. The van der Waals surface area contributed by atoms with Crippen LogP contribution in [-0.4, -0.2) is 57.2 Å². The first-order valence-electron chi connectivity index (χ1n) is 6.25. The molecule has 2 rings (SSSR count). The molecule has 1 aliphatic heterocycles. The molecule has 1 atom stereocenters. The van der Waals surface area contributed by atoms with Gasteiger partial charge in [0.15, 0.2) is 5.13 Å². The highest BCUT2D eigenvalue weighted by atomic mass is 32.2. The first-order valence-corrected chi connectivity index (χ1v) is 8.91. The van der Waals surface area contributed by atoms with Gasteiger partial charge in [-0.15, -0.1) is 11.3 Å². The molecule has 1 N–H and O–H groups in total. The van der Waals surface area contributed by atoms with Gasteiger partial charge in [0.25, 0.3) is 0 Å². The van der Waals surface area contributed by atoms with E-state index in [1.54, 1.807) is 11.3 Å². The van der Waals surface area contributed by atoms with Gasteiger partial charge in [0.2, 0.25) is 10.0 Å². The number of hydrogen-bond acceptors (Lipinski definition) is 6. The van der Waals surface area contributed by atoms with Crippen molar-refractivity contribution < 1.29 is 8.42 Å². The summed E-state index contributed by atoms with van der Waals surface area (Å²) in [5.41, 5.74) is 0. The van der Waals surface area contributed by atoms with Crippen molar-refractivity contribution in [3.8, 4) is 0 Å². The number of anilines is 1. The maximum Gasteiger partial charge on any atom is 0.211 e. The van der Waals surface area contributed by atoms with Gasteiger partial charge in [-0.3, -0.25) is 0 Å². The van der Waals surface area contributed by atoms with E-state index in [0.717, 1.165) is 5.13 Å². The van der Waals surface area contributed by atoms with E-state index < -0.39 is 10.0 Å². The van der Waals surface area contributed by atoms with Gasteiger partial charge in [0, 0.05) is 43.3 Å². The Labute approximate surface area is 118 Å². The van der Waals surface area contributed by atoms with Crippen LogP contribution in [0.5, 0.6) is 0 Å². The van der Waals surface area contributed by atoms with Crippen molar-refractivity contribution in [2.24, 2.45) is 0 Å². The molecule has 108 valence electrons. The zero-order chi connectivity index (χ0) is 14.0. The number of rotatable bonds is 4. The molecule has 8 heteroatoms. The number of thiazole rings is 1. The topological polar surface area (TPSA) is 65.5 Å². The summed E-state index contributed by atoms with van der Waals surface area (Å²) in [6.45, 7) is 4.57. The first-order chi connectivity index (χ1) is 8.91. The largest absolute Gasteiger partial charge is 0.345 e. The second-order valence-electron chi connectivity index (χ2n) is 4.70. The molecule has 1 aliphatic rings. The second-order valence-corrected chi connectivity index (χ2v) is 7.73. The maximum absolute atomic E-state index is 11.4. The third kappa shape index (κ3) is 3.44. The number of piperazine rings is 1. The molecule has 0 radical (unpaired) electrons. The lowest BCUT2D eigenvalue weighted by atomic mass is 10.3. The van der Waals surface area contributed by atoms with Gasteiger partial charge in [-0.05, 0) is 14.0 Å². The van der Waals surface area contributed by atoms with Crippen LogP contribution in [0.25, 0.3) is 0 Å². The Kier molecular flexibility index (Phi) is 4.44. The lowest BCUT2D eigenvalue weighted by Gasteiger charge is -2.32.